The van der Waals surface area contributed by atoms with Gasteiger partial charge in [-0.25, -0.2) is 5.01 Å². The molecule has 0 radical (unpaired) electrons. The molecular weight excluding hydrogens is 414 g/mol. The Hall–Kier alpha value is -3.61. The summed E-state index contributed by atoms with van der Waals surface area (Å²) in [5, 5.41) is 13.4. The van der Waals surface area contributed by atoms with E-state index in [1.54, 1.807) is 24.3 Å². The summed E-state index contributed by atoms with van der Waals surface area (Å²) in [4.78, 5) is 49.2. The number of hydrazine groups is 1. The van der Waals surface area contributed by atoms with Crippen molar-refractivity contribution in [1.29, 1.82) is 0 Å². The molecule has 1 unspecified atom stereocenters. The summed E-state index contributed by atoms with van der Waals surface area (Å²) in [6, 6.07) is 10.8. The lowest BCUT2D eigenvalue weighted by Gasteiger charge is -2.16. The maximum atomic E-state index is 12.9. The Morgan fingerprint density at radius 3 is 2.03 bits per heavy atom. The predicted octanol–water partition coefficient (Wildman–Crippen LogP) is 2.98. The lowest BCUT2D eigenvalue weighted by atomic mass is 10.1. The molecule has 1 fully saturated rings. The molecule has 3 atom stereocenters. The summed E-state index contributed by atoms with van der Waals surface area (Å²) in [6.45, 7) is 6.03. The number of nitrogens with zero attached hydrogens (tertiary/aromatic N) is 3. The minimum atomic E-state index is -1.81. The largest absolute Gasteiger partial charge is 0.283 e. The van der Waals surface area contributed by atoms with Gasteiger partial charge in [0.15, 0.2) is 0 Å². The standard InChI is InChI=1S/C22H19N3O5Si/c1-31(2,3)13-12-18(26)20-19(14-8-10-15(11-9-14)25(29)30)23(20)24-21(27)16-6-4-5-7-17(16)22(24)28/h4-11,19-20H,1-3H3/t19-,20-,23?/m0/s1. The molecule has 2 aliphatic heterocycles. The number of nitro groups is 1. The zero-order valence-corrected chi connectivity index (χ0v) is 18.2. The molecule has 1 saturated heterocycles. The lowest BCUT2D eigenvalue weighted by Crippen LogP contribution is -2.37. The zero-order valence-electron chi connectivity index (χ0n) is 17.2. The number of benzene rings is 2. The molecule has 0 bridgehead atoms. The van der Waals surface area contributed by atoms with Crippen molar-refractivity contribution in [2.45, 2.75) is 31.7 Å². The minimum Gasteiger partial charge on any atom is -0.283 e. The van der Waals surface area contributed by atoms with Crippen LogP contribution in [0.3, 0.4) is 0 Å². The van der Waals surface area contributed by atoms with Gasteiger partial charge in [-0.3, -0.25) is 24.5 Å². The first-order valence-corrected chi connectivity index (χ1v) is 13.2. The van der Waals surface area contributed by atoms with Crippen LogP contribution in [0, 0.1) is 21.6 Å². The topological polar surface area (TPSA) is 101 Å². The lowest BCUT2D eigenvalue weighted by molar-refractivity contribution is -0.384. The Morgan fingerprint density at radius 1 is 1.00 bits per heavy atom. The van der Waals surface area contributed by atoms with E-state index in [0.717, 1.165) is 5.01 Å². The molecule has 156 valence electrons. The molecule has 4 rings (SSSR count). The number of ketones is 1. The van der Waals surface area contributed by atoms with Gasteiger partial charge in [0.1, 0.15) is 14.1 Å². The van der Waals surface area contributed by atoms with Crippen LogP contribution in [0.4, 0.5) is 5.69 Å². The van der Waals surface area contributed by atoms with Gasteiger partial charge in [0.25, 0.3) is 17.5 Å². The highest BCUT2D eigenvalue weighted by Gasteiger charge is 2.60. The van der Waals surface area contributed by atoms with Crippen molar-refractivity contribution < 1.29 is 19.3 Å². The van der Waals surface area contributed by atoms with Gasteiger partial charge in [-0.1, -0.05) is 43.9 Å². The summed E-state index contributed by atoms with van der Waals surface area (Å²) in [6.07, 6.45) is 0. The number of Topliss-reactive ketones (excluding diaryl/α,β-unsaturated/α-hetero) is 1. The first kappa shape index (κ1) is 20.7. The molecule has 2 aliphatic rings. The normalized spacial score (nSPS) is 21.9. The quantitative estimate of drug-likeness (QED) is 0.184. The van der Waals surface area contributed by atoms with Crippen molar-refractivity contribution in [2.75, 3.05) is 0 Å². The molecule has 0 aliphatic carbocycles. The number of carbonyl (C=O) groups excluding carboxylic acids is 3. The third-order valence-corrected chi connectivity index (χ3v) is 5.93. The van der Waals surface area contributed by atoms with Gasteiger partial charge in [0, 0.05) is 12.1 Å². The van der Waals surface area contributed by atoms with Gasteiger partial charge in [-0.2, -0.15) is 5.01 Å². The predicted molar refractivity (Wildman–Crippen MR) is 115 cm³/mol. The second-order valence-electron chi connectivity index (χ2n) is 8.45. The van der Waals surface area contributed by atoms with E-state index in [2.05, 4.69) is 11.5 Å². The second-order valence-corrected chi connectivity index (χ2v) is 13.2. The molecule has 2 amide bonds. The number of non-ortho nitro benzene ring substituents is 1. The van der Waals surface area contributed by atoms with E-state index in [1.807, 2.05) is 19.6 Å². The molecule has 9 heteroatoms. The van der Waals surface area contributed by atoms with Gasteiger partial charge in [0.05, 0.1) is 22.1 Å². The van der Waals surface area contributed by atoms with E-state index in [9.17, 15) is 24.5 Å². The maximum Gasteiger partial charge on any atom is 0.276 e. The summed E-state index contributed by atoms with van der Waals surface area (Å²) in [5.74, 6) is 1.31. The van der Waals surface area contributed by atoms with Crippen molar-refractivity contribution >= 4 is 31.4 Å². The van der Waals surface area contributed by atoms with Crippen molar-refractivity contribution in [3.63, 3.8) is 0 Å². The van der Waals surface area contributed by atoms with Gasteiger partial charge < -0.3 is 0 Å². The Labute approximate surface area is 179 Å². The summed E-state index contributed by atoms with van der Waals surface area (Å²) in [7, 11) is -1.81. The van der Waals surface area contributed by atoms with Crippen LogP contribution >= 0.6 is 0 Å². The molecule has 8 nitrogen and oxygen atoms in total. The van der Waals surface area contributed by atoms with Crippen LogP contribution in [0.5, 0.6) is 0 Å². The monoisotopic (exact) mass is 433 g/mol. The SMILES string of the molecule is C[Si](C)(C)C#CC(=O)[C@H]1[C@H](c2ccc([N+](=O)[O-])cc2)N1N1C(=O)c2ccccc2C1=O. The Morgan fingerprint density at radius 2 is 1.55 bits per heavy atom. The first-order valence-electron chi connectivity index (χ1n) is 9.67. The van der Waals surface area contributed by atoms with Crippen LogP contribution in [-0.4, -0.2) is 46.7 Å². The number of amides is 2. The minimum absolute atomic E-state index is 0.0851. The van der Waals surface area contributed by atoms with Crippen molar-refractivity contribution in [1.82, 2.24) is 10.0 Å². The van der Waals surface area contributed by atoms with E-state index in [-0.39, 0.29) is 22.6 Å². The molecule has 0 saturated carbocycles. The van der Waals surface area contributed by atoms with Crippen molar-refractivity contribution in [2.24, 2.45) is 0 Å². The van der Waals surface area contributed by atoms with Crippen LogP contribution in [0.25, 0.3) is 0 Å². The fourth-order valence-corrected chi connectivity index (χ4v) is 4.07. The second kappa shape index (κ2) is 7.26. The van der Waals surface area contributed by atoms with Gasteiger partial charge in [0.2, 0.25) is 5.78 Å². The van der Waals surface area contributed by atoms with E-state index >= 15 is 0 Å². The number of imide groups is 1. The highest BCUT2D eigenvalue weighted by atomic mass is 28.3. The van der Waals surface area contributed by atoms with Gasteiger partial charge in [-0.15, -0.1) is 5.54 Å². The molecule has 2 heterocycles. The molecule has 31 heavy (non-hydrogen) atoms. The summed E-state index contributed by atoms with van der Waals surface area (Å²) >= 11 is 0. The number of hydrogen-bond acceptors (Lipinski definition) is 6. The van der Waals surface area contributed by atoms with Crippen LogP contribution in [0.1, 0.15) is 32.3 Å². The van der Waals surface area contributed by atoms with Crippen LogP contribution < -0.4 is 0 Å². The van der Waals surface area contributed by atoms with E-state index in [0.29, 0.717) is 5.56 Å². The van der Waals surface area contributed by atoms with Gasteiger partial charge in [-0.05, 0) is 23.6 Å². The van der Waals surface area contributed by atoms with E-state index < -0.39 is 36.9 Å². The fraction of sp³-hybridized carbons (Fsp3) is 0.227. The van der Waals surface area contributed by atoms with Crippen molar-refractivity contribution in [3.05, 3.63) is 75.3 Å². The molecular formula is C22H19N3O5Si. The number of carbonyl (C=O) groups is 3. The van der Waals surface area contributed by atoms with E-state index in [1.165, 1.54) is 29.3 Å². The Kier molecular flexibility index (Phi) is 4.84. The first-order chi connectivity index (χ1) is 14.6. The fourth-order valence-electron chi connectivity index (χ4n) is 3.57. The maximum absolute atomic E-state index is 12.9. The van der Waals surface area contributed by atoms with E-state index in [4.69, 9.17) is 0 Å². The average molecular weight is 433 g/mol. The molecule has 2 aromatic carbocycles. The average Bonchev–Trinajstić information content (AvgIpc) is 3.40. The Balaban J connectivity index is 1.71. The third-order valence-electron chi connectivity index (χ3n) is 5.06. The third kappa shape index (κ3) is 3.67. The molecule has 2 aromatic rings. The molecule has 0 N–H and O–H groups in total. The summed E-state index contributed by atoms with van der Waals surface area (Å²) < 4.78 is 0. The highest BCUT2D eigenvalue weighted by molar-refractivity contribution is 6.84. The van der Waals surface area contributed by atoms with Gasteiger partial charge >= 0.3 is 0 Å². The molecule has 0 spiro atoms. The molecule has 0 aromatic heterocycles. The smallest absolute Gasteiger partial charge is 0.276 e. The zero-order chi connectivity index (χ0) is 22.5. The summed E-state index contributed by atoms with van der Waals surface area (Å²) in [5.41, 5.74) is 4.09. The van der Waals surface area contributed by atoms with Crippen LogP contribution in [0.2, 0.25) is 19.6 Å². The number of hydrogen-bond donors (Lipinski definition) is 0. The number of nitro benzene ring substituents is 1. The van der Waals surface area contributed by atoms with Crippen molar-refractivity contribution in [3.8, 4) is 11.5 Å². The van der Waals surface area contributed by atoms with Crippen LogP contribution in [-0.2, 0) is 4.79 Å². The van der Waals surface area contributed by atoms with Crippen LogP contribution in [0.15, 0.2) is 48.5 Å². The Bertz CT molecular complexity index is 1160. The highest BCUT2D eigenvalue weighted by Crippen LogP contribution is 2.47. The number of rotatable bonds is 4. The number of fused-ring (bicyclic) bond motifs is 1.